The number of likely N-dealkylation sites (N-methyl/N-ethyl adjacent to an activating group) is 1. The van der Waals surface area contributed by atoms with Crippen molar-refractivity contribution in [1.82, 2.24) is 4.90 Å². The van der Waals surface area contributed by atoms with Crippen LogP contribution in [0.2, 0.25) is 0 Å². The van der Waals surface area contributed by atoms with Gasteiger partial charge in [-0.3, -0.25) is 9.10 Å². The van der Waals surface area contributed by atoms with E-state index >= 15 is 0 Å². The van der Waals surface area contributed by atoms with Crippen LogP contribution < -0.4 is 9.04 Å². The number of benzene rings is 4. The maximum atomic E-state index is 13.1. The molecule has 32 heavy (non-hydrogen) atoms. The first-order valence-corrected chi connectivity index (χ1v) is 11.7. The molecule has 0 saturated carbocycles. The zero-order valence-electron chi connectivity index (χ0n) is 17.8. The normalized spacial score (nSPS) is 14.1. The molecule has 6 nitrogen and oxygen atoms in total. The number of hydrogen-bond acceptors (Lipinski definition) is 4. The molecule has 162 valence electrons. The minimum Gasteiger partial charge on any atom is -0.497 e. The highest BCUT2D eigenvalue weighted by Gasteiger charge is 2.37. The molecule has 0 unspecified atom stereocenters. The van der Waals surface area contributed by atoms with E-state index in [-0.39, 0.29) is 17.3 Å². The van der Waals surface area contributed by atoms with E-state index in [2.05, 4.69) is 0 Å². The van der Waals surface area contributed by atoms with Crippen LogP contribution in [0, 0.1) is 0 Å². The average molecular weight is 447 g/mol. The van der Waals surface area contributed by atoms with Crippen LogP contribution in [0.4, 0.5) is 5.69 Å². The molecule has 4 aromatic rings. The van der Waals surface area contributed by atoms with Crippen LogP contribution in [0.1, 0.15) is 5.56 Å². The smallest absolute Gasteiger partial charge is 0.265 e. The van der Waals surface area contributed by atoms with Gasteiger partial charge in [-0.25, -0.2) is 8.42 Å². The fourth-order valence-corrected chi connectivity index (χ4v) is 5.89. The van der Waals surface area contributed by atoms with Crippen molar-refractivity contribution in [3.05, 3.63) is 78.4 Å². The molecule has 0 fully saturated rings. The third-order valence-corrected chi connectivity index (χ3v) is 7.72. The Hall–Kier alpha value is -3.58. The zero-order chi connectivity index (χ0) is 22.5. The van der Waals surface area contributed by atoms with Crippen LogP contribution in [0.5, 0.6) is 5.75 Å². The highest BCUT2D eigenvalue weighted by atomic mass is 32.2. The summed E-state index contributed by atoms with van der Waals surface area (Å²) in [6.07, 6.45) is 0. The number of fused-ring (bicyclic) bond motifs is 1. The number of ether oxygens (including phenoxy) is 1. The summed E-state index contributed by atoms with van der Waals surface area (Å²) < 4.78 is 32.7. The van der Waals surface area contributed by atoms with Crippen LogP contribution >= 0.6 is 0 Å². The molecular formula is C25H22N2O4S. The zero-order valence-corrected chi connectivity index (χ0v) is 18.6. The van der Waals surface area contributed by atoms with Gasteiger partial charge in [0, 0.05) is 19.0 Å². The topological polar surface area (TPSA) is 66.9 Å². The Morgan fingerprint density at radius 3 is 2.44 bits per heavy atom. The van der Waals surface area contributed by atoms with E-state index < -0.39 is 10.0 Å². The molecule has 0 N–H and O–H groups in total. The van der Waals surface area contributed by atoms with Crippen molar-refractivity contribution in [2.24, 2.45) is 0 Å². The number of nitrogens with zero attached hydrogens (tertiary/aromatic N) is 2. The van der Waals surface area contributed by atoms with E-state index in [0.29, 0.717) is 17.6 Å². The summed E-state index contributed by atoms with van der Waals surface area (Å²) in [6.45, 7) is 0.142. The molecule has 0 spiro atoms. The highest BCUT2D eigenvalue weighted by Crippen LogP contribution is 2.41. The number of carbonyl (C=O) groups excluding carboxylic acids is 1. The predicted octanol–water partition coefficient (Wildman–Crippen LogP) is 4.17. The second-order valence-electron chi connectivity index (χ2n) is 7.94. The van der Waals surface area contributed by atoms with Gasteiger partial charge in [0.2, 0.25) is 5.91 Å². The number of hydrogen-bond donors (Lipinski definition) is 0. The van der Waals surface area contributed by atoms with E-state index in [0.717, 1.165) is 27.5 Å². The van der Waals surface area contributed by atoms with Crippen LogP contribution in [-0.4, -0.2) is 39.9 Å². The predicted molar refractivity (Wildman–Crippen MR) is 125 cm³/mol. The SMILES string of the molecule is COc1ccc2cc(CN(C)C(=O)CN3c4cccc5cccc(c45)S3(=O)=O)ccc2c1. The Bertz CT molecular complexity index is 1480. The lowest BCUT2D eigenvalue weighted by molar-refractivity contribution is -0.128. The van der Waals surface area contributed by atoms with Crippen molar-refractivity contribution in [3.63, 3.8) is 0 Å². The van der Waals surface area contributed by atoms with Crippen molar-refractivity contribution in [2.75, 3.05) is 25.0 Å². The van der Waals surface area contributed by atoms with E-state index in [9.17, 15) is 13.2 Å². The second-order valence-corrected chi connectivity index (χ2v) is 9.77. The molecule has 0 atom stereocenters. The number of sulfonamides is 1. The third kappa shape index (κ3) is 3.26. The third-order valence-electron chi connectivity index (χ3n) is 5.92. The van der Waals surface area contributed by atoms with Gasteiger partial charge in [-0.15, -0.1) is 0 Å². The number of rotatable bonds is 5. The highest BCUT2D eigenvalue weighted by molar-refractivity contribution is 7.93. The Morgan fingerprint density at radius 1 is 0.938 bits per heavy atom. The Kier molecular flexibility index (Phi) is 4.78. The molecule has 1 aliphatic rings. The molecule has 1 amide bonds. The number of methoxy groups -OCH3 is 1. The standard InChI is InChI=1S/C25H22N2O4S/c1-26(15-17-9-10-20-14-21(31-2)12-11-19(20)13-17)24(28)16-27-22-7-3-5-18-6-4-8-23(25(18)22)32(27,29)30/h3-14H,15-16H2,1-2H3. The minimum absolute atomic E-state index is 0.239. The van der Waals surface area contributed by atoms with E-state index in [1.165, 1.54) is 4.31 Å². The van der Waals surface area contributed by atoms with Crippen molar-refractivity contribution in [1.29, 1.82) is 0 Å². The molecule has 1 heterocycles. The van der Waals surface area contributed by atoms with Gasteiger partial charge < -0.3 is 9.64 Å². The van der Waals surface area contributed by atoms with Gasteiger partial charge >= 0.3 is 0 Å². The average Bonchev–Trinajstić information content (AvgIpc) is 3.02. The van der Waals surface area contributed by atoms with Crippen LogP contribution in [0.25, 0.3) is 21.5 Å². The van der Waals surface area contributed by atoms with Gasteiger partial charge in [-0.2, -0.15) is 0 Å². The van der Waals surface area contributed by atoms with Gasteiger partial charge in [0.1, 0.15) is 12.3 Å². The summed E-state index contributed by atoms with van der Waals surface area (Å²) in [5, 5.41) is 3.62. The molecule has 0 bridgehead atoms. The largest absolute Gasteiger partial charge is 0.497 e. The molecule has 4 aromatic carbocycles. The van der Waals surface area contributed by atoms with E-state index in [1.54, 1.807) is 37.3 Å². The monoisotopic (exact) mass is 446 g/mol. The fraction of sp³-hybridized carbons (Fsp3) is 0.160. The molecular weight excluding hydrogens is 424 g/mol. The number of carbonyl (C=O) groups is 1. The van der Waals surface area contributed by atoms with Gasteiger partial charge in [0.05, 0.1) is 17.7 Å². The number of anilines is 1. The molecule has 0 saturated heterocycles. The van der Waals surface area contributed by atoms with Gasteiger partial charge in [0.25, 0.3) is 10.0 Å². The maximum absolute atomic E-state index is 13.1. The number of amides is 1. The molecule has 0 aliphatic carbocycles. The molecule has 0 aromatic heterocycles. The first-order chi connectivity index (χ1) is 15.4. The Labute approximate surface area is 186 Å². The minimum atomic E-state index is -3.76. The fourth-order valence-electron chi connectivity index (χ4n) is 4.23. The lowest BCUT2D eigenvalue weighted by Gasteiger charge is -2.23. The Morgan fingerprint density at radius 2 is 1.66 bits per heavy atom. The van der Waals surface area contributed by atoms with Crippen LogP contribution in [0.15, 0.2) is 77.7 Å². The molecule has 0 radical (unpaired) electrons. The van der Waals surface area contributed by atoms with Crippen molar-refractivity contribution in [2.45, 2.75) is 11.4 Å². The lowest BCUT2D eigenvalue weighted by atomic mass is 10.1. The quantitative estimate of drug-likeness (QED) is 0.462. The first kappa shape index (κ1) is 20.3. The van der Waals surface area contributed by atoms with E-state index in [1.807, 2.05) is 54.6 Å². The summed E-state index contributed by atoms with van der Waals surface area (Å²) in [5.74, 6) is 0.522. The first-order valence-electron chi connectivity index (χ1n) is 10.2. The summed E-state index contributed by atoms with van der Waals surface area (Å²) in [7, 11) is -0.435. The molecule has 1 aliphatic heterocycles. The lowest BCUT2D eigenvalue weighted by Crippen LogP contribution is -2.39. The maximum Gasteiger partial charge on any atom is 0.265 e. The van der Waals surface area contributed by atoms with Gasteiger partial charge in [0.15, 0.2) is 0 Å². The van der Waals surface area contributed by atoms with Crippen LogP contribution in [-0.2, 0) is 21.4 Å². The van der Waals surface area contributed by atoms with Gasteiger partial charge in [-0.1, -0.05) is 42.5 Å². The van der Waals surface area contributed by atoms with Crippen molar-refractivity contribution in [3.8, 4) is 5.75 Å². The molecule has 5 rings (SSSR count). The van der Waals surface area contributed by atoms with Gasteiger partial charge in [-0.05, 0) is 52.1 Å². The van der Waals surface area contributed by atoms with E-state index in [4.69, 9.17) is 4.74 Å². The summed E-state index contributed by atoms with van der Waals surface area (Å²) >= 11 is 0. The van der Waals surface area contributed by atoms with Crippen molar-refractivity contribution >= 4 is 43.2 Å². The Balaban J connectivity index is 1.37. The summed E-state index contributed by atoms with van der Waals surface area (Å²) in [6, 6.07) is 22.5. The van der Waals surface area contributed by atoms with Crippen LogP contribution in [0.3, 0.4) is 0 Å². The summed E-state index contributed by atoms with van der Waals surface area (Å²) in [4.78, 5) is 14.8. The second kappa shape index (κ2) is 7.53. The summed E-state index contributed by atoms with van der Waals surface area (Å²) in [5.41, 5.74) is 1.52. The van der Waals surface area contributed by atoms with Crippen molar-refractivity contribution < 1.29 is 17.9 Å². The molecule has 7 heteroatoms.